The predicted molar refractivity (Wildman–Crippen MR) is 82.8 cm³/mol. The summed E-state index contributed by atoms with van der Waals surface area (Å²) >= 11 is 6.35. The Balaban J connectivity index is 2.94. The van der Waals surface area contributed by atoms with Gasteiger partial charge in [-0.25, -0.2) is 0 Å². The van der Waals surface area contributed by atoms with Crippen molar-refractivity contribution in [1.29, 1.82) is 0 Å². The number of benzene rings is 1. The summed E-state index contributed by atoms with van der Waals surface area (Å²) in [6.07, 6.45) is 3.44. The van der Waals surface area contributed by atoms with Crippen LogP contribution in [0.15, 0.2) is 24.3 Å². The van der Waals surface area contributed by atoms with E-state index in [-0.39, 0.29) is 12.1 Å². The molecule has 0 radical (unpaired) electrons. The third-order valence-corrected chi connectivity index (χ3v) is 3.52. The number of hydrogen-bond donors (Lipinski definition) is 1. The standard InChI is InChI=1S/C16H26ClNO/c1-4-9-15(19-6-3)16(18-12-5-2)13-10-7-8-11-14(13)17/h7-8,10-11,15-16,18H,4-6,9,12H2,1-3H3. The van der Waals surface area contributed by atoms with Gasteiger partial charge in [0.15, 0.2) is 0 Å². The molecule has 0 spiro atoms. The lowest BCUT2D eigenvalue weighted by Gasteiger charge is -2.29. The van der Waals surface area contributed by atoms with E-state index < -0.39 is 0 Å². The fourth-order valence-corrected chi connectivity index (χ4v) is 2.57. The normalized spacial score (nSPS) is 14.3. The summed E-state index contributed by atoms with van der Waals surface area (Å²) in [7, 11) is 0. The van der Waals surface area contributed by atoms with Crippen LogP contribution in [0.1, 0.15) is 51.6 Å². The number of rotatable bonds is 9. The van der Waals surface area contributed by atoms with Gasteiger partial charge in [0.2, 0.25) is 0 Å². The molecule has 2 nitrogen and oxygen atoms in total. The maximum absolute atomic E-state index is 6.35. The third-order valence-electron chi connectivity index (χ3n) is 3.18. The molecule has 1 N–H and O–H groups in total. The zero-order chi connectivity index (χ0) is 14.1. The Bertz CT molecular complexity index is 350. The van der Waals surface area contributed by atoms with Gasteiger partial charge >= 0.3 is 0 Å². The molecule has 0 aromatic heterocycles. The van der Waals surface area contributed by atoms with Gasteiger partial charge in [-0.1, -0.05) is 50.1 Å². The molecule has 0 saturated carbocycles. The van der Waals surface area contributed by atoms with E-state index in [4.69, 9.17) is 16.3 Å². The molecular formula is C16H26ClNO. The Morgan fingerprint density at radius 1 is 1.16 bits per heavy atom. The van der Waals surface area contributed by atoms with Gasteiger partial charge < -0.3 is 10.1 Å². The summed E-state index contributed by atoms with van der Waals surface area (Å²) in [5, 5.41) is 4.40. The van der Waals surface area contributed by atoms with E-state index in [1.54, 1.807) is 0 Å². The Morgan fingerprint density at radius 2 is 1.89 bits per heavy atom. The highest BCUT2D eigenvalue weighted by Gasteiger charge is 2.24. The summed E-state index contributed by atoms with van der Waals surface area (Å²) < 4.78 is 5.93. The molecule has 0 fully saturated rings. The molecule has 19 heavy (non-hydrogen) atoms. The van der Waals surface area contributed by atoms with Crippen molar-refractivity contribution in [3.63, 3.8) is 0 Å². The van der Waals surface area contributed by atoms with Crippen LogP contribution in [0.2, 0.25) is 5.02 Å². The first-order valence-corrected chi connectivity index (χ1v) is 7.71. The maximum atomic E-state index is 6.35. The highest BCUT2D eigenvalue weighted by Crippen LogP contribution is 2.28. The second-order valence-corrected chi connectivity index (χ2v) is 5.14. The van der Waals surface area contributed by atoms with E-state index >= 15 is 0 Å². The van der Waals surface area contributed by atoms with Gasteiger partial charge in [-0.2, -0.15) is 0 Å². The van der Waals surface area contributed by atoms with E-state index in [1.807, 2.05) is 25.1 Å². The molecule has 2 unspecified atom stereocenters. The van der Waals surface area contributed by atoms with Crippen LogP contribution in [0, 0.1) is 0 Å². The summed E-state index contributed by atoms with van der Waals surface area (Å²) in [5.41, 5.74) is 1.14. The molecule has 3 heteroatoms. The number of ether oxygens (including phenoxy) is 1. The first-order valence-electron chi connectivity index (χ1n) is 7.33. The van der Waals surface area contributed by atoms with E-state index in [0.29, 0.717) is 0 Å². The zero-order valence-corrected chi connectivity index (χ0v) is 13.0. The van der Waals surface area contributed by atoms with Crippen LogP contribution >= 0.6 is 11.6 Å². The molecule has 2 atom stereocenters. The monoisotopic (exact) mass is 283 g/mol. The molecule has 0 heterocycles. The molecule has 0 saturated heterocycles. The molecule has 0 bridgehead atoms. The third kappa shape index (κ3) is 5.13. The Labute approximate surface area is 122 Å². The predicted octanol–water partition coefficient (Wildman–Crippen LogP) is 4.59. The van der Waals surface area contributed by atoms with Crippen molar-refractivity contribution in [1.82, 2.24) is 5.32 Å². The Morgan fingerprint density at radius 3 is 2.47 bits per heavy atom. The molecule has 1 aromatic carbocycles. The number of halogens is 1. The second-order valence-electron chi connectivity index (χ2n) is 4.74. The van der Waals surface area contributed by atoms with Crippen LogP contribution < -0.4 is 5.32 Å². The lowest BCUT2D eigenvalue weighted by atomic mass is 9.97. The highest BCUT2D eigenvalue weighted by molar-refractivity contribution is 6.31. The first-order chi connectivity index (χ1) is 9.24. The van der Waals surface area contributed by atoms with Crippen LogP contribution in [0.4, 0.5) is 0 Å². The number of nitrogens with one attached hydrogen (secondary N) is 1. The fourth-order valence-electron chi connectivity index (χ4n) is 2.31. The average Bonchev–Trinajstić information content (AvgIpc) is 2.41. The average molecular weight is 284 g/mol. The summed E-state index contributed by atoms with van der Waals surface area (Å²) in [6.45, 7) is 8.12. The summed E-state index contributed by atoms with van der Waals surface area (Å²) in [6, 6.07) is 8.23. The van der Waals surface area contributed by atoms with Crippen LogP contribution in [-0.2, 0) is 4.74 Å². The van der Waals surface area contributed by atoms with Gasteiger partial charge in [-0.3, -0.25) is 0 Å². The zero-order valence-electron chi connectivity index (χ0n) is 12.3. The van der Waals surface area contributed by atoms with Gasteiger partial charge in [0.05, 0.1) is 12.1 Å². The molecule has 1 rings (SSSR count). The van der Waals surface area contributed by atoms with E-state index in [2.05, 4.69) is 25.2 Å². The van der Waals surface area contributed by atoms with E-state index in [1.165, 1.54) is 0 Å². The van der Waals surface area contributed by atoms with Crippen molar-refractivity contribution in [2.45, 2.75) is 52.2 Å². The minimum Gasteiger partial charge on any atom is -0.377 e. The van der Waals surface area contributed by atoms with E-state index in [9.17, 15) is 0 Å². The first kappa shape index (κ1) is 16.5. The van der Waals surface area contributed by atoms with Crippen LogP contribution in [0.5, 0.6) is 0 Å². The summed E-state index contributed by atoms with van der Waals surface area (Å²) in [5.74, 6) is 0. The topological polar surface area (TPSA) is 21.3 Å². The lowest BCUT2D eigenvalue weighted by Crippen LogP contribution is -2.34. The van der Waals surface area contributed by atoms with Gasteiger partial charge in [0, 0.05) is 11.6 Å². The second kappa shape index (κ2) is 9.35. The minimum absolute atomic E-state index is 0.175. The molecule has 0 aliphatic heterocycles. The quantitative estimate of drug-likeness (QED) is 0.716. The van der Waals surface area contributed by atoms with Crippen molar-refractivity contribution in [3.8, 4) is 0 Å². The largest absolute Gasteiger partial charge is 0.377 e. The van der Waals surface area contributed by atoms with Gasteiger partial charge in [-0.15, -0.1) is 0 Å². The van der Waals surface area contributed by atoms with Crippen molar-refractivity contribution >= 4 is 11.6 Å². The maximum Gasteiger partial charge on any atom is 0.0770 e. The molecule has 108 valence electrons. The molecular weight excluding hydrogens is 258 g/mol. The minimum atomic E-state index is 0.175. The fraction of sp³-hybridized carbons (Fsp3) is 0.625. The van der Waals surface area contributed by atoms with Crippen molar-refractivity contribution in [2.75, 3.05) is 13.2 Å². The smallest absolute Gasteiger partial charge is 0.0770 e. The highest BCUT2D eigenvalue weighted by atomic mass is 35.5. The Kier molecular flexibility index (Phi) is 8.11. The summed E-state index contributed by atoms with van der Waals surface area (Å²) in [4.78, 5) is 0. The number of hydrogen-bond acceptors (Lipinski definition) is 2. The molecule has 1 aromatic rings. The van der Waals surface area contributed by atoms with Crippen molar-refractivity contribution in [2.24, 2.45) is 0 Å². The van der Waals surface area contributed by atoms with Crippen LogP contribution in [0.3, 0.4) is 0 Å². The molecule has 0 amide bonds. The van der Waals surface area contributed by atoms with Gasteiger partial charge in [0.25, 0.3) is 0 Å². The SMILES string of the molecule is CCCNC(c1ccccc1Cl)C(CCC)OCC. The molecule has 0 aliphatic carbocycles. The van der Waals surface area contributed by atoms with Crippen LogP contribution in [0.25, 0.3) is 0 Å². The van der Waals surface area contributed by atoms with E-state index in [0.717, 1.165) is 43.0 Å². The van der Waals surface area contributed by atoms with Crippen molar-refractivity contribution < 1.29 is 4.74 Å². The van der Waals surface area contributed by atoms with Gasteiger partial charge in [-0.05, 0) is 37.9 Å². The van der Waals surface area contributed by atoms with Crippen molar-refractivity contribution in [3.05, 3.63) is 34.9 Å². The van der Waals surface area contributed by atoms with Gasteiger partial charge in [0.1, 0.15) is 0 Å². The van der Waals surface area contributed by atoms with Crippen LogP contribution in [-0.4, -0.2) is 19.3 Å². The Hall–Kier alpha value is -0.570. The lowest BCUT2D eigenvalue weighted by molar-refractivity contribution is 0.0276. The molecule has 0 aliphatic rings.